The summed E-state index contributed by atoms with van der Waals surface area (Å²) >= 11 is 0. The molecule has 7 nitrogen and oxygen atoms in total. The number of anilines is 1. The molecule has 0 heterocycles. The summed E-state index contributed by atoms with van der Waals surface area (Å²) in [7, 11) is -3.64. The quantitative estimate of drug-likeness (QED) is 0.495. The highest BCUT2D eigenvalue weighted by molar-refractivity contribution is 7.90. The first-order valence-corrected chi connectivity index (χ1v) is 16.0. The van der Waals surface area contributed by atoms with Crippen LogP contribution in [-0.2, 0) is 30.8 Å². The molecule has 2 aromatic carbocycles. The maximum atomic E-state index is 14.6. The third kappa shape index (κ3) is 8.38. The first-order valence-electron chi connectivity index (χ1n) is 10.5. The van der Waals surface area contributed by atoms with E-state index in [-0.39, 0.29) is 23.7 Å². The van der Waals surface area contributed by atoms with Gasteiger partial charge in [0.25, 0.3) is 5.91 Å². The minimum absolute atomic E-state index is 0.269. The number of halogens is 1. The van der Waals surface area contributed by atoms with Crippen LogP contribution in [0.25, 0.3) is 0 Å². The lowest BCUT2D eigenvalue weighted by atomic mass is 10.0. The molecule has 0 aliphatic rings. The first-order chi connectivity index (χ1) is 15.3. The van der Waals surface area contributed by atoms with Crippen molar-refractivity contribution < 1.29 is 27.1 Å². The van der Waals surface area contributed by atoms with Crippen molar-refractivity contribution in [2.45, 2.75) is 38.7 Å². The minimum Gasteiger partial charge on any atom is -0.380 e. The molecule has 0 saturated heterocycles. The van der Waals surface area contributed by atoms with Crippen molar-refractivity contribution >= 4 is 40.6 Å². The number of hydrogen-bond acceptors (Lipinski definition) is 5. The summed E-state index contributed by atoms with van der Waals surface area (Å²) in [6.45, 7) is 6.47. The van der Waals surface area contributed by atoms with Crippen molar-refractivity contribution in [2.75, 3.05) is 24.4 Å². The van der Waals surface area contributed by atoms with Crippen molar-refractivity contribution in [3.63, 3.8) is 0 Å². The molecule has 2 aromatic rings. The molecular formula is C23H31FN2O5SSi. The van der Waals surface area contributed by atoms with Gasteiger partial charge in [0.05, 0.1) is 20.4 Å². The fraction of sp³-hybridized carbons (Fsp3) is 0.391. The molecule has 2 N–H and O–H groups in total. The van der Waals surface area contributed by atoms with Gasteiger partial charge in [0.1, 0.15) is 21.7 Å². The Labute approximate surface area is 195 Å². The maximum Gasteiger partial charge on any atom is 0.251 e. The zero-order valence-corrected chi connectivity index (χ0v) is 21.4. The Kier molecular flexibility index (Phi) is 8.93. The van der Waals surface area contributed by atoms with Crippen LogP contribution in [0.4, 0.5) is 10.1 Å². The minimum atomic E-state index is -3.34. The molecule has 0 bridgehead atoms. The van der Waals surface area contributed by atoms with E-state index in [0.29, 0.717) is 17.4 Å². The number of hydrogen-bond donors (Lipinski definition) is 2. The summed E-state index contributed by atoms with van der Waals surface area (Å²) in [4.78, 5) is 25.4. The van der Waals surface area contributed by atoms with Crippen LogP contribution in [-0.4, -0.2) is 47.4 Å². The van der Waals surface area contributed by atoms with Gasteiger partial charge < -0.3 is 15.4 Å². The number of rotatable bonds is 10. The summed E-state index contributed by atoms with van der Waals surface area (Å²) in [5.41, 5.74) is 1.65. The summed E-state index contributed by atoms with van der Waals surface area (Å²) in [6.07, 6.45) is 0.765. The van der Waals surface area contributed by atoms with E-state index in [1.54, 1.807) is 43.5 Å². The molecule has 0 spiro atoms. The van der Waals surface area contributed by atoms with Crippen molar-refractivity contribution in [1.29, 1.82) is 0 Å². The van der Waals surface area contributed by atoms with E-state index in [2.05, 4.69) is 10.6 Å². The number of ether oxygens (including phenoxy) is 1. The van der Waals surface area contributed by atoms with Gasteiger partial charge in [-0.05, 0) is 28.4 Å². The Bertz CT molecular complexity index is 1100. The van der Waals surface area contributed by atoms with E-state index < -0.39 is 35.8 Å². The lowest BCUT2D eigenvalue weighted by Gasteiger charge is -2.21. The van der Waals surface area contributed by atoms with Gasteiger partial charge in [-0.2, -0.15) is 0 Å². The van der Waals surface area contributed by atoms with Gasteiger partial charge in [0.2, 0.25) is 5.91 Å². The number of benzene rings is 2. The van der Waals surface area contributed by atoms with Gasteiger partial charge in [-0.1, -0.05) is 50.0 Å². The molecule has 0 aliphatic carbocycles. The van der Waals surface area contributed by atoms with Crippen LogP contribution in [0.3, 0.4) is 0 Å². The van der Waals surface area contributed by atoms with Crippen LogP contribution < -0.4 is 15.8 Å². The number of carbonyl (C=O) groups is 2. The molecule has 0 radical (unpaired) electrons. The highest BCUT2D eigenvalue weighted by Crippen LogP contribution is 2.19. The van der Waals surface area contributed by atoms with E-state index in [1.165, 1.54) is 6.07 Å². The van der Waals surface area contributed by atoms with Gasteiger partial charge in [-0.25, -0.2) is 12.8 Å². The second-order valence-electron chi connectivity index (χ2n) is 8.99. The molecule has 0 aliphatic heterocycles. The van der Waals surface area contributed by atoms with Crippen molar-refractivity contribution in [2.24, 2.45) is 0 Å². The topological polar surface area (TPSA) is 102 Å². The Balaban J connectivity index is 2.27. The highest BCUT2D eigenvalue weighted by atomic mass is 32.2. The summed E-state index contributed by atoms with van der Waals surface area (Å²) < 4.78 is 42.5. The molecule has 2 amide bonds. The Morgan fingerprint density at radius 3 is 2.24 bits per heavy atom. The number of sulfone groups is 1. The number of carbonyl (C=O) groups excluding carboxylic acids is 2. The van der Waals surface area contributed by atoms with Gasteiger partial charge in [-0.15, -0.1) is 0 Å². The van der Waals surface area contributed by atoms with Gasteiger partial charge in [0, 0.05) is 25.5 Å². The zero-order chi connectivity index (χ0) is 24.8. The SMILES string of the molecule is COCc1ccc(C(NC(=O)CCS(C)(=O)=O)C(=O)Nc2ccc([Si](C)(C)C)c(F)c2)cc1. The average Bonchev–Trinajstić information content (AvgIpc) is 2.70. The van der Waals surface area contributed by atoms with Crippen LogP contribution >= 0.6 is 0 Å². The lowest BCUT2D eigenvalue weighted by Crippen LogP contribution is -2.40. The molecule has 0 aromatic heterocycles. The predicted molar refractivity (Wildman–Crippen MR) is 130 cm³/mol. The molecule has 1 unspecified atom stereocenters. The smallest absolute Gasteiger partial charge is 0.251 e. The van der Waals surface area contributed by atoms with E-state index in [9.17, 15) is 22.4 Å². The average molecular weight is 495 g/mol. The third-order valence-electron chi connectivity index (χ3n) is 4.94. The number of amides is 2. The molecule has 0 saturated carbocycles. The van der Waals surface area contributed by atoms with E-state index in [1.807, 2.05) is 19.6 Å². The van der Waals surface area contributed by atoms with E-state index >= 15 is 0 Å². The van der Waals surface area contributed by atoms with Gasteiger partial charge >= 0.3 is 0 Å². The fourth-order valence-corrected chi connectivity index (χ4v) is 5.13. The molecule has 10 heteroatoms. The standard InChI is InChI=1S/C23H31FN2O5SSi/c1-31-15-16-6-8-17(9-7-16)22(26-21(27)12-13-32(2,29)30)23(28)25-18-10-11-20(19(24)14-18)33(3,4)5/h6-11,14,22H,12-13,15H2,1-5H3,(H,25,28)(H,26,27). The van der Waals surface area contributed by atoms with Gasteiger partial charge in [-0.3, -0.25) is 9.59 Å². The van der Waals surface area contributed by atoms with E-state index in [0.717, 1.165) is 11.8 Å². The molecule has 1 atom stereocenters. The zero-order valence-electron chi connectivity index (χ0n) is 19.6. The van der Waals surface area contributed by atoms with Crippen LogP contribution in [0.5, 0.6) is 0 Å². The second kappa shape index (κ2) is 11.0. The monoisotopic (exact) mass is 494 g/mol. The van der Waals surface area contributed by atoms with Crippen LogP contribution in [0.1, 0.15) is 23.6 Å². The fourth-order valence-electron chi connectivity index (χ4n) is 3.20. The second-order valence-corrected chi connectivity index (χ2v) is 16.3. The maximum absolute atomic E-state index is 14.6. The number of methoxy groups -OCH3 is 1. The lowest BCUT2D eigenvalue weighted by molar-refractivity contribution is -0.126. The van der Waals surface area contributed by atoms with Gasteiger partial charge in [0.15, 0.2) is 0 Å². The molecule has 33 heavy (non-hydrogen) atoms. The Morgan fingerprint density at radius 2 is 1.73 bits per heavy atom. The molecule has 180 valence electrons. The van der Waals surface area contributed by atoms with Crippen molar-refractivity contribution in [1.82, 2.24) is 5.32 Å². The largest absolute Gasteiger partial charge is 0.380 e. The Morgan fingerprint density at radius 1 is 1.09 bits per heavy atom. The van der Waals surface area contributed by atoms with Crippen molar-refractivity contribution in [3.05, 3.63) is 59.4 Å². The van der Waals surface area contributed by atoms with Crippen LogP contribution in [0.2, 0.25) is 19.6 Å². The van der Waals surface area contributed by atoms with Crippen molar-refractivity contribution in [3.8, 4) is 0 Å². The molecule has 0 fully saturated rings. The highest BCUT2D eigenvalue weighted by Gasteiger charge is 2.25. The summed E-state index contributed by atoms with van der Waals surface area (Å²) in [5, 5.41) is 5.90. The summed E-state index contributed by atoms with van der Waals surface area (Å²) in [6, 6.07) is 10.4. The number of nitrogens with one attached hydrogen (secondary N) is 2. The first kappa shape index (κ1) is 26.7. The van der Waals surface area contributed by atoms with Crippen LogP contribution in [0, 0.1) is 5.82 Å². The normalized spacial score (nSPS) is 12.8. The molecule has 2 rings (SSSR count). The third-order valence-corrected chi connectivity index (χ3v) is 7.90. The predicted octanol–water partition coefficient (Wildman–Crippen LogP) is 2.75. The summed E-state index contributed by atoms with van der Waals surface area (Å²) in [5.74, 6) is -1.86. The Hall–Kier alpha value is -2.56. The van der Waals surface area contributed by atoms with Crippen LogP contribution in [0.15, 0.2) is 42.5 Å². The van der Waals surface area contributed by atoms with E-state index in [4.69, 9.17) is 4.74 Å². The molecular weight excluding hydrogens is 463 g/mol.